The smallest absolute Gasteiger partial charge is 0.251 e. The number of amides is 1. The molecule has 0 radical (unpaired) electrons. The van der Waals surface area contributed by atoms with Gasteiger partial charge in [0, 0.05) is 35.0 Å². The quantitative estimate of drug-likeness (QED) is 0.677. The molecule has 0 bridgehead atoms. The summed E-state index contributed by atoms with van der Waals surface area (Å²) in [5, 5.41) is 2.82. The highest BCUT2D eigenvalue weighted by Gasteiger charge is 2.16. The molecule has 1 aromatic carbocycles. The Morgan fingerprint density at radius 2 is 1.90 bits per heavy atom. The summed E-state index contributed by atoms with van der Waals surface area (Å²) in [5.74, 6) is -0.297. The third kappa shape index (κ3) is 6.29. The van der Waals surface area contributed by atoms with E-state index < -0.39 is 10.0 Å². The van der Waals surface area contributed by atoms with Crippen molar-refractivity contribution in [2.75, 3.05) is 11.0 Å². The van der Waals surface area contributed by atoms with Gasteiger partial charge in [0.25, 0.3) is 5.91 Å². The van der Waals surface area contributed by atoms with Gasteiger partial charge >= 0.3 is 0 Å². The largest absolute Gasteiger partial charge is 0.348 e. The van der Waals surface area contributed by atoms with Crippen molar-refractivity contribution in [3.05, 3.63) is 72.1 Å². The SMILES string of the molecule is C=Cc1cc(CNC(=O)C(=C)c2ccc(C(C)(C)C)nc2)ccc1NS(C)(=O)=O. The van der Waals surface area contributed by atoms with Gasteiger partial charge in [0.15, 0.2) is 0 Å². The van der Waals surface area contributed by atoms with E-state index >= 15 is 0 Å². The molecule has 1 aromatic heterocycles. The number of anilines is 1. The molecule has 6 nitrogen and oxygen atoms in total. The number of hydrogen-bond donors (Lipinski definition) is 2. The van der Waals surface area contributed by atoms with Gasteiger partial charge in [-0.3, -0.25) is 14.5 Å². The molecule has 0 aliphatic heterocycles. The van der Waals surface area contributed by atoms with Gasteiger partial charge in [0.05, 0.1) is 11.9 Å². The minimum absolute atomic E-state index is 0.0664. The lowest BCUT2D eigenvalue weighted by atomic mass is 9.91. The molecule has 2 rings (SSSR count). The fourth-order valence-corrected chi connectivity index (χ4v) is 3.21. The van der Waals surface area contributed by atoms with Gasteiger partial charge in [0.1, 0.15) is 0 Å². The van der Waals surface area contributed by atoms with Crippen LogP contribution in [0.15, 0.2) is 49.7 Å². The Morgan fingerprint density at radius 3 is 2.41 bits per heavy atom. The van der Waals surface area contributed by atoms with Gasteiger partial charge in [-0.2, -0.15) is 0 Å². The Labute approximate surface area is 172 Å². The van der Waals surface area contributed by atoms with Crippen LogP contribution in [0.2, 0.25) is 0 Å². The molecule has 2 N–H and O–H groups in total. The van der Waals surface area contributed by atoms with E-state index in [1.54, 1.807) is 30.5 Å². The van der Waals surface area contributed by atoms with Crippen LogP contribution in [0.5, 0.6) is 0 Å². The Balaban J connectivity index is 2.06. The van der Waals surface area contributed by atoms with Gasteiger partial charge in [-0.25, -0.2) is 8.42 Å². The summed E-state index contributed by atoms with van der Waals surface area (Å²) < 4.78 is 25.3. The number of carbonyl (C=O) groups excluding carboxylic acids is 1. The molecule has 0 unspecified atom stereocenters. The highest BCUT2D eigenvalue weighted by atomic mass is 32.2. The lowest BCUT2D eigenvalue weighted by molar-refractivity contribution is -0.115. The van der Waals surface area contributed by atoms with Crippen molar-refractivity contribution in [3.8, 4) is 0 Å². The highest BCUT2D eigenvalue weighted by molar-refractivity contribution is 7.92. The van der Waals surface area contributed by atoms with Gasteiger partial charge in [-0.05, 0) is 29.3 Å². The Morgan fingerprint density at radius 1 is 1.21 bits per heavy atom. The first-order valence-electron chi connectivity index (χ1n) is 9.08. The molecule has 1 amide bonds. The molecule has 0 saturated carbocycles. The number of pyridine rings is 1. The number of nitrogens with one attached hydrogen (secondary N) is 2. The number of sulfonamides is 1. The van der Waals surface area contributed by atoms with Crippen LogP contribution in [0.4, 0.5) is 5.69 Å². The number of carbonyl (C=O) groups is 1. The average Bonchev–Trinajstić information content (AvgIpc) is 2.64. The number of nitrogens with zero attached hydrogens (tertiary/aromatic N) is 1. The first-order chi connectivity index (χ1) is 13.4. The van der Waals surface area contributed by atoms with E-state index in [0.29, 0.717) is 22.4 Å². The fraction of sp³-hybridized carbons (Fsp3) is 0.273. The third-order valence-electron chi connectivity index (χ3n) is 4.24. The molecule has 7 heteroatoms. The van der Waals surface area contributed by atoms with E-state index in [1.165, 1.54) is 0 Å². The first kappa shape index (κ1) is 22.4. The average molecular weight is 414 g/mol. The predicted octanol–water partition coefficient (Wildman–Crippen LogP) is 3.72. The van der Waals surface area contributed by atoms with Crippen molar-refractivity contribution in [2.24, 2.45) is 0 Å². The Hall–Kier alpha value is -2.93. The minimum Gasteiger partial charge on any atom is -0.348 e. The summed E-state index contributed by atoms with van der Waals surface area (Å²) in [6, 6.07) is 8.89. The lowest BCUT2D eigenvalue weighted by Crippen LogP contribution is -2.23. The molecule has 0 spiro atoms. The summed E-state index contributed by atoms with van der Waals surface area (Å²) in [6.45, 7) is 14.1. The van der Waals surface area contributed by atoms with Gasteiger partial charge in [-0.1, -0.05) is 52.1 Å². The van der Waals surface area contributed by atoms with Crippen LogP contribution in [0.3, 0.4) is 0 Å². The van der Waals surface area contributed by atoms with Crippen LogP contribution in [-0.4, -0.2) is 25.6 Å². The summed E-state index contributed by atoms with van der Waals surface area (Å²) in [6.07, 6.45) is 4.30. The number of benzene rings is 1. The summed E-state index contributed by atoms with van der Waals surface area (Å²) in [4.78, 5) is 16.9. The van der Waals surface area contributed by atoms with E-state index in [1.807, 2.05) is 12.1 Å². The molecule has 0 aliphatic carbocycles. The summed E-state index contributed by atoms with van der Waals surface area (Å²) in [7, 11) is -3.39. The number of aromatic nitrogens is 1. The van der Waals surface area contributed by atoms with Crippen molar-refractivity contribution < 1.29 is 13.2 Å². The molecular formula is C22H27N3O3S. The lowest BCUT2D eigenvalue weighted by Gasteiger charge is -2.18. The molecule has 0 atom stereocenters. The van der Waals surface area contributed by atoms with Crippen molar-refractivity contribution in [1.29, 1.82) is 0 Å². The maximum Gasteiger partial charge on any atom is 0.251 e. The summed E-state index contributed by atoms with van der Waals surface area (Å²) in [5.41, 5.74) is 3.74. The standard InChI is InChI=1S/C22H27N3O3S/c1-7-17-12-16(8-10-19(17)25-29(6,27)28)13-24-21(26)15(2)18-9-11-20(23-14-18)22(3,4)5/h7-12,14,25H,1-2,13H2,3-6H3,(H,24,26). The number of hydrogen-bond acceptors (Lipinski definition) is 4. The normalized spacial score (nSPS) is 11.6. The molecule has 29 heavy (non-hydrogen) atoms. The fourth-order valence-electron chi connectivity index (χ4n) is 2.62. The molecule has 1 heterocycles. The predicted molar refractivity (Wildman–Crippen MR) is 119 cm³/mol. The second kappa shape index (κ2) is 8.61. The van der Waals surface area contributed by atoms with E-state index in [2.05, 4.69) is 49.0 Å². The molecule has 0 fully saturated rings. The topological polar surface area (TPSA) is 88.2 Å². The second-order valence-electron chi connectivity index (χ2n) is 7.84. The molecule has 2 aromatic rings. The zero-order chi connectivity index (χ0) is 21.8. The van der Waals surface area contributed by atoms with Gasteiger partial charge in [-0.15, -0.1) is 0 Å². The van der Waals surface area contributed by atoms with Crippen LogP contribution in [0.1, 0.15) is 43.2 Å². The first-order valence-corrected chi connectivity index (χ1v) is 11.0. The third-order valence-corrected chi connectivity index (χ3v) is 4.83. The van der Waals surface area contributed by atoms with Gasteiger partial charge < -0.3 is 5.32 Å². The van der Waals surface area contributed by atoms with Crippen molar-refractivity contribution in [2.45, 2.75) is 32.7 Å². The molecule has 0 aliphatic rings. The Kier molecular flexibility index (Phi) is 6.64. The van der Waals surface area contributed by atoms with E-state index in [-0.39, 0.29) is 17.9 Å². The van der Waals surface area contributed by atoms with E-state index in [9.17, 15) is 13.2 Å². The van der Waals surface area contributed by atoms with Crippen molar-refractivity contribution >= 4 is 33.3 Å². The Bertz CT molecular complexity index is 1030. The van der Waals surface area contributed by atoms with E-state index in [4.69, 9.17) is 0 Å². The van der Waals surface area contributed by atoms with Crippen LogP contribution >= 0.6 is 0 Å². The second-order valence-corrected chi connectivity index (χ2v) is 9.59. The van der Waals surface area contributed by atoms with Crippen LogP contribution < -0.4 is 10.0 Å². The van der Waals surface area contributed by atoms with Gasteiger partial charge in [0.2, 0.25) is 10.0 Å². The highest BCUT2D eigenvalue weighted by Crippen LogP contribution is 2.22. The van der Waals surface area contributed by atoms with E-state index in [0.717, 1.165) is 17.5 Å². The molecule has 154 valence electrons. The van der Waals surface area contributed by atoms with Crippen LogP contribution in [0, 0.1) is 0 Å². The zero-order valence-corrected chi connectivity index (χ0v) is 18.1. The maximum atomic E-state index is 12.5. The molecular weight excluding hydrogens is 386 g/mol. The monoisotopic (exact) mass is 413 g/mol. The summed E-state index contributed by atoms with van der Waals surface area (Å²) >= 11 is 0. The van der Waals surface area contributed by atoms with Crippen LogP contribution in [-0.2, 0) is 26.8 Å². The van der Waals surface area contributed by atoms with Crippen molar-refractivity contribution in [3.63, 3.8) is 0 Å². The number of rotatable bonds is 7. The van der Waals surface area contributed by atoms with Crippen LogP contribution in [0.25, 0.3) is 11.6 Å². The van der Waals surface area contributed by atoms with Crippen molar-refractivity contribution in [1.82, 2.24) is 10.3 Å². The minimum atomic E-state index is -3.39. The molecule has 0 saturated heterocycles. The maximum absolute atomic E-state index is 12.5. The zero-order valence-electron chi connectivity index (χ0n) is 17.2.